The van der Waals surface area contributed by atoms with Crippen LogP contribution in [0.4, 0.5) is 0 Å². The molecule has 21 heavy (non-hydrogen) atoms. The van der Waals surface area contributed by atoms with Crippen molar-refractivity contribution in [3.05, 3.63) is 11.6 Å². The van der Waals surface area contributed by atoms with Gasteiger partial charge in [0.1, 0.15) is 5.78 Å². The molecule has 5 atom stereocenters. The lowest BCUT2D eigenvalue weighted by molar-refractivity contribution is -0.124. The molecule has 0 aliphatic carbocycles. The third-order valence-corrected chi connectivity index (χ3v) is 4.62. The van der Waals surface area contributed by atoms with Gasteiger partial charge in [0, 0.05) is 12.3 Å². The summed E-state index contributed by atoms with van der Waals surface area (Å²) in [7, 11) is 0. The zero-order chi connectivity index (χ0) is 16.6. The van der Waals surface area contributed by atoms with E-state index in [2.05, 4.69) is 33.8 Å². The summed E-state index contributed by atoms with van der Waals surface area (Å²) in [4.78, 5) is 11.7. The van der Waals surface area contributed by atoms with Gasteiger partial charge in [-0.25, -0.2) is 0 Å². The lowest BCUT2D eigenvalue weighted by Gasteiger charge is -2.21. The first-order chi connectivity index (χ1) is 9.72. The molecule has 0 heterocycles. The fraction of sp³-hybridized carbons (Fsp3) is 0.842. The summed E-state index contributed by atoms with van der Waals surface area (Å²) in [5, 5.41) is 10.3. The van der Waals surface area contributed by atoms with Crippen LogP contribution in [0.5, 0.6) is 0 Å². The first-order valence-electron chi connectivity index (χ1n) is 8.61. The van der Waals surface area contributed by atoms with Gasteiger partial charge in [-0.1, -0.05) is 54.0 Å². The molecule has 1 N–H and O–H groups in total. The molecular formula is C19H36O2. The Morgan fingerprint density at radius 1 is 1.05 bits per heavy atom. The van der Waals surface area contributed by atoms with Gasteiger partial charge in [0.2, 0.25) is 0 Å². The van der Waals surface area contributed by atoms with Gasteiger partial charge in [-0.05, 0) is 43.1 Å². The smallest absolute Gasteiger partial charge is 0.138 e. The Morgan fingerprint density at radius 2 is 1.62 bits per heavy atom. The van der Waals surface area contributed by atoms with Gasteiger partial charge < -0.3 is 5.11 Å². The molecule has 0 amide bonds. The van der Waals surface area contributed by atoms with Gasteiger partial charge in [-0.15, -0.1) is 0 Å². The molecule has 0 rings (SSSR count). The van der Waals surface area contributed by atoms with E-state index in [1.54, 1.807) is 0 Å². The number of allylic oxidation sites excluding steroid dienone is 1. The van der Waals surface area contributed by atoms with Crippen molar-refractivity contribution in [2.75, 3.05) is 0 Å². The number of aliphatic hydroxyl groups excluding tert-OH is 1. The molecule has 5 unspecified atom stereocenters. The molecule has 124 valence electrons. The Morgan fingerprint density at radius 3 is 2.10 bits per heavy atom. The number of hydrogen-bond acceptors (Lipinski definition) is 2. The maximum atomic E-state index is 11.7. The second-order valence-corrected chi connectivity index (χ2v) is 7.03. The van der Waals surface area contributed by atoms with Crippen molar-refractivity contribution < 1.29 is 9.90 Å². The molecule has 0 radical (unpaired) electrons. The van der Waals surface area contributed by atoms with Crippen molar-refractivity contribution in [2.24, 2.45) is 23.7 Å². The van der Waals surface area contributed by atoms with E-state index in [0.717, 1.165) is 17.9 Å². The molecule has 0 bridgehead atoms. The molecule has 0 aliphatic rings. The molecule has 0 aliphatic heterocycles. The van der Waals surface area contributed by atoms with Crippen LogP contribution < -0.4 is 0 Å². The van der Waals surface area contributed by atoms with Crippen LogP contribution in [-0.2, 0) is 4.79 Å². The summed E-state index contributed by atoms with van der Waals surface area (Å²) in [6.07, 6.45) is 5.66. The largest absolute Gasteiger partial charge is 0.388 e. The third-order valence-electron chi connectivity index (χ3n) is 4.62. The molecule has 0 aromatic rings. The minimum absolute atomic E-state index is 0.132. The van der Waals surface area contributed by atoms with E-state index in [4.69, 9.17) is 0 Å². The average Bonchev–Trinajstić information content (AvgIpc) is 2.43. The highest BCUT2D eigenvalue weighted by atomic mass is 16.3. The summed E-state index contributed by atoms with van der Waals surface area (Å²) < 4.78 is 0. The number of ketones is 1. The Balaban J connectivity index is 4.50. The zero-order valence-electron chi connectivity index (χ0n) is 15.1. The van der Waals surface area contributed by atoms with Crippen LogP contribution in [0.25, 0.3) is 0 Å². The van der Waals surface area contributed by atoms with Crippen LogP contribution in [0.1, 0.15) is 74.1 Å². The predicted molar refractivity (Wildman–Crippen MR) is 91.2 cm³/mol. The van der Waals surface area contributed by atoms with E-state index < -0.39 is 6.10 Å². The Kier molecular flexibility index (Phi) is 9.85. The van der Waals surface area contributed by atoms with Crippen molar-refractivity contribution in [2.45, 2.75) is 80.3 Å². The fourth-order valence-corrected chi connectivity index (χ4v) is 3.09. The number of hydrogen-bond donors (Lipinski definition) is 1. The maximum Gasteiger partial charge on any atom is 0.138 e. The van der Waals surface area contributed by atoms with Crippen LogP contribution in [0.2, 0.25) is 0 Å². The standard InChI is InChI=1S/C19H36O2/c1-8-13(3)10-14(4)11-15(5)12-16(6)19(21)17(7)18(20)9-2/h12-15,17,19,21H,8-11H2,1-7H3. The Bertz CT molecular complexity index is 332. The summed E-state index contributed by atoms with van der Waals surface area (Å²) in [6.45, 7) is 14.7. The first-order valence-corrected chi connectivity index (χ1v) is 8.61. The van der Waals surface area contributed by atoms with Crippen molar-refractivity contribution in [3.8, 4) is 0 Å². The van der Waals surface area contributed by atoms with Crippen LogP contribution in [-0.4, -0.2) is 17.0 Å². The molecule has 0 saturated carbocycles. The van der Waals surface area contributed by atoms with Crippen molar-refractivity contribution >= 4 is 5.78 Å². The molecule has 0 fully saturated rings. The molecule has 0 aromatic heterocycles. The Hall–Kier alpha value is -0.630. The van der Waals surface area contributed by atoms with Gasteiger partial charge in [0.05, 0.1) is 6.10 Å². The van der Waals surface area contributed by atoms with Crippen molar-refractivity contribution in [1.82, 2.24) is 0 Å². The lowest BCUT2D eigenvalue weighted by atomic mass is 9.86. The number of aliphatic hydroxyl groups is 1. The molecule has 0 spiro atoms. The van der Waals surface area contributed by atoms with E-state index in [1.165, 1.54) is 12.8 Å². The summed E-state index contributed by atoms with van der Waals surface area (Å²) >= 11 is 0. The van der Waals surface area contributed by atoms with E-state index in [0.29, 0.717) is 18.3 Å². The molecule has 2 nitrogen and oxygen atoms in total. The summed E-state index contributed by atoms with van der Waals surface area (Å²) in [6, 6.07) is 0. The number of carbonyl (C=O) groups is 1. The van der Waals surface area contributed by atoms with Gasteiger partial charge in [0.25, 0.3) is 0 Å². The van der Waals surface area contributed by atoms with Crippen LogP contribution in [0.15, 0.2) is 11.6 Å². The molecule has 0 aromatic carbocycles. The SMILES string of the molecule is CCC(=O)C(C)C(O)C(C)=CC(C)CC(C)CC(C)CC. The zero-order valence-corrected chi connectivity index (χ0v) is 15.1. The van der Waals surface area contributed by atoms with Gasteiger partial charge >= 0.3 is 0 Å². The van der Waals surface area contributed by atoms with Gasteiger partial charge in [0.15, 0.2) is 0 Å². The van der Waals surface area contributed by atoms with E-state index in [-0.39, 0.29) is 11.7 Å². The maximum absolute atomic E-state index is 11.7. The molecular weight excluding hydrogens is 260 g/mol. The molecule has 2 heteroatoms. The predicted octanol–water partition coefficient (Wildman–Crippen LogP) is 5.01. The minimum Gasteiger partial charge on any atom is -0.388 e. The second kappa shape index (κ2) is 10.2. The normalized spacial score (nSPS) is 19.7. The highest BCUT2D eigenvalue weighted by Crippen LogP contribution is 2.24. The minimum atomic E-state index is -0.634. The quantitative estimate of drug-likeness (QED) is 0.575. The highest BCUT2D eigenvalue weighted by Gasteiger charge is 2.22. The average molecular weight is 296 g/mol. The monoisotopic (exact) mass is 296 g/mol. The third kappa shape index (κ3) is 7.80. The second-order valence-electron chi connectivity index (χ2n) is 7.03. The first kappa shape index (κ1) is 20.4. The lowest BCUT2D eigenvalue weighted by Crippen LogP contribution is -2.26. The van der Waals surface area contributed by atoms with E-state index in [9.17, 15) is 9.90 Å². The molecule has 0 saturated heterocycles. The van der Waals surface area contributed by atoms with Crippen LogP contribution in [0, 0.1) is 23.7 Å². The van der Waals surface area contributed by atoms with Gasteiger partial charge in [-0.2, -0.15) is 0 Å². The van der Waals surface area contributed by atoms with E-state index in [1.807, 2.05) is 20.8 Å². The summed E-state index contributed by atoms with van der Waals surface area (Å²) in [5.74, 6) is 1.77. The Labute approximate surface area is 132 Å². The van der Waals surface area contributed by atoms with Crippen molar-refractivity contribution in [1.29, 1.82) is 0 Å². The van der Waals surface area contributed by atoms with Crippen LogP contribution in [0.3, 0.4) is 0 Å². The van der Waals surface area contributed by atoms with Gasteiger partial charge in [-0.3, -0.25) is 4.79 Å². The summed E-state index contributed by atoms with van der Waals surface area (Å²) in [5.41, 5.74) is 0.938. The fourth-order valence-electron chi connectivity index (χ4n) is 3.09. The number of carbonyl (C=O) groups excluding carboxylic acids is 1. The van der Waals surface area contributed by atoms with Crippen LogP contribution >= 0.6 is 0 Å². The topological polar surface area (TPSA) is 37.3 Å². The van der Waals surface area contributed by atoms with Crippen molar-refractivity contribution in [3.63, 3.8) is 0 Å². The highest BCUT2D eigenvalue weighted by molar-refractivity contribution is 5.81. The number of Topliss-reactive ketones (excluding diaryl/α,β-unsaturated/α-hetero) is 1. The number of rotatable bonds is 10. The van der Waals surface area contributed by atoms with E-state index >= 15 is 0 Å².